The Morgan fingerprint density at radius 1 is 0.457 bits per heavy atom. The molecule has 30 nitrogen and oxygen atoms in total. The van der Waals surface area contributed by atoms with Crippen molar-refractivity contribution in [2.45, 2.75) is 271 Å². The number of aromatic nitrogens is 2. The molecule has 129 heavy (non-hydrogen) atoms. The van der Waals surface area contributed by atoms with Crippen LogP contribution in [-0.2, 0) is 89.9 Å². The van der Waals surface area contributed by atoms with Gasteiger partial charge in [0.1, 0.15) is 16.7 Å². The molecule has 10 rings (SSSR count). The zero-order valence-electron chi connectivity index (χ0n) is 74.5. The van der Waals surface area contributed by atoms with Crippen LogP contribution in [0.2, 0.25) is 0 Å². The van der Waals surface area contributed by atoms with Gasteiger partial charge in [-0.15, -0.1) is 11.6 Å². The van der Waals surface area contributed by atoms with Crippen molar-refractivity contribution in [2.24, 2.45) is 5.92 Å². The summed E-state index contributed by atoms with van der Waals surface area (Å²) in [6.07, 6.45) is 20.7. The summed E-state index contributed by atoms with van der Waals surface area (Å²) in [5.74, 6) is -0.765. The first-order valence-corrected chi connectivity index (χ1v) is 43.1. The van der Waals surface area contributed by atoms with Crippen LogP contribution in [0.25, 0.3) is 0 Å². The van der Waals surface area contributed by atoms with Crippen LogP contribution in [0.3, 0.4) is 0 Å². The van der Waals surface area contributed by atoms with Crippen molar-refractivity contribution < 1.29 is 156 Å². The molecule has 5 amide bonds. The van der Waals surface area contributed by atoms with Crippen LogP contribution in [0.15, 0.2) is 170 Å². The van der Waals surface area contributed by atoms with Gasteiger partial charge in [-0.25, -0.2) is 24.0 Å². The fourth-order valence-corrected chi connectivity index (χ4v) is 15.0. The second-order valence-electron chi connectivity index (χ2n) is 32.0. The highest BCUT2D eigenvalue weighted by Crippen LogP contribution is 2.37. The smallest absolute Gasteiger partial charge is 0.414 e. The first-order valence-electron chi connectivity index (χ1n) is 41.7. The van der Waals surface area contributed by atoms with Gasteiger partial charge in [-0.3, -0.25) is 14.4 Å². The second-order valence-corrected chi connectivity index (χ2v) is 33.0. The summed E-state index contributed by atoms with van der Waals surface area (Å²) in [4.78, 5) is 168. The zero-order chi connectivity index (χ0) is 94.3. The summed E-state index contributed by atoms with van der Waals surface area (Å²) in [7, 11) is 0. The lowest BCUT2D eigenvalue weighted by molar-refractivity contribution is -0.727. The van der Waals surface area contributed by atoms with Gasteiger partial charge in [0.2, 0.25) is 5.24 Å². The number of pyridine rings is 2. The van der Waals surface area contributed by atoms with Crippen LogP contribution >= 0.6 is 34.8 Å². The Labute approximate surface area is 795 Å². The summed E-state index contributed by atoms with van der Waals surface area (Å²) >= 11 is 15.0. The molecule has 5 heterocycles. The molecule has 11 atom stereocenters. The maximum Gasteiger partial charge on any atom is 0.414 e. The van der Waals surface area contributed by atoms with Crippen LogP contribution in [0.4, 0.5) is 14.4 Å². The van der Waals surface area contributed by atoms with Crippen LogP contribution in [0, 0.1) is 5.92 Å². The SMILES string of the molecule is C.C[C@H](c1ccccc1)C1CCCCC1.C[C@H](c1ccccc1)[C@H]1CCCCN1C(=O)OCCl.C[C@H](c1ccccc1)[C@H]1CCCCN1C(=O)OC[n+]1cccc(C(=O)N[C@H](C(=O)O)[C@@H](C)O)c1.C[C@H](c1ccccc1)[C@H]1CCCCN1C(=O)OC[n+]1cccc(C(=O)N[C@H](C(=O)OC(C)(C)C)[C@@H](C)OC(C)(C)C)c1.O=C(Cl)CCl.O=C=O.O=C=O.O=C=O.O=C=O.[Cl-].[I-]. The molecule has 6 aromatic rings. The van der Waals surface area contributed by atoms with E-state index in [4.69, 9.17) is 102 Å². The number of hydrogen-bond acceptors (Lipinski definition) is 22. The molecule has 4 fully saturated rings. The molecule has 35 heteroatoms. The lowest BCUT2D eigenvalue weighted by atomic mass is 9.78. The molecule has 710 valence electrons. The van der Waals surface area contributed by atoms with Crippen molar-refractivity contribution in [2.75, 3.05) is 31.6 Å². The van der Waals surface area contributed by atoms with Crippen molar-refractivity contribution in [3.05, 3.63) is 204 Å². The molecular weight excluding hydrogens is 1860 g/mol. The molecule has 4 aromatic carbocycles. The van der Waals surface area contributed by atoms with Crippen LogP contribution in [0.1, 0.15) is 247 Å². The number of likely N-dealkylation sites (tertiary alicyclic amines) is 3. The summed E-state index contributed by atoms with van der Waals surface area (Å²) in [6.45, 7) is 24.7. The molecule has 0 bridgehead atoms. The van der Waals surface area contributed by atoms with Crippen molar-refractivity contribution in [1.29, 1.82) is 0 Å². The number of esters is 1. The average Bonchev–Trinajstić information content (AvgIpc) is 0.831. The lowest BCUT2D eigenvalue weighted by Gasteiger charge is -2.38. The molecule has 3 aliphatic heterocycles. The summed E-state index contributed by atoms with van der Waals surface area (Å²) < 4.78 is 30.9. The van der Waals surface area contributed by atoms with Crippen molar-refractivity contribution >= 4 is 107 Å². The summed E-state index contributed by atoms with van der Waals surface area (Å²) in [5.41, 5.74) is 4.39. The minimum absolute atomic E-state index is 0. The van der Waals surface area contributed by atoms with E-state index in [1.54, 1.807) is 74.0 Å². The van der Waals surface area contributed by atoms with Gasteiger partial charge in [0.15, 0.2) is 42.9 Å². The molecule has 1 saturated carbocycles. The maximum absolute atomic E-state index is 13.3. The van der Waals surface area contributed by atoms with Gasteiger partial charge in [0.25, 0.3) is 25.3 Å². The highest BCUT2D eigenvalue weighted by molar-refractivity contribution is 6.67. The third-order valence-corrected chi connectivity index (χ3v) is 21.6. The minimum atomic E-state index is -1.43. The van der Waals surface area contributed by atoms with E-state index in [-0.39, 0.29) is 142 Å². The van der Waals surface area contributed by atoms with Gasteiger partial charge >= 0.3 is 54.8 Å². The third-order valence-electron chi connectivity index (χ3n) is 20.9. The predicted molar refractivity (Wildman–Crippen MR) is 469 cm³/mol. The van der Waals surface area contributed by atoms with E-state index in [1.807, 2.05) is 85.2 Å². The van der Waals surface area contributed by atoms with E-state index >= 15 is 0 Å². The van der Waals surface area contributed by atoms with E-state index in [0.717, 1.165) is 76.2 Å². The van der Waals surface area contributed by atoms with Crippen molar-refractivity contribution in [3.63, 3.8) is 0 Å². The number of amides is 5. The Kier molecular flexibility index (Phi) is 62.9. The Bertz CT molecular complexity index is 4330. The molecule has 3 saturated heterocycles. The average molecular weight is 1990 g/mol. The largest absolute Gasteiger partial charge is 1.00 e. The topological polar surface area (TPSA) is 401 Å². The van der Waals surface area contributed by atoms with Gasteiger partial charge in [0, 0.05) is 67.6 Å². The number of aliphatic hydroxyl groups is 1. The molecule has 0 radical (unpaired) electrons. The Balaban J connectivity index is 0. The molecule has 4 aliphatic rings. The number of aliphatic carboxylic acids is 1. The number of benzene rings is 4. The van der Waals surface area contributed by atoms with E-state index < -0.39 is 70.6 Å². The van der Waals surface area contributed by atoms with Gasteiger partial charge in [-0.05, 0) is 184 Å². The van der Waals surface area contributed by atoms with Gasteiger partial charge < -0.3 is 95.6 Å². The number of halogens is 5. The normalized spacial score (nSPS) is 16.6. The summed E-state index contributed by atoms with van der Waals surface area (Å²) in [5, 5.41) is 23.3. The van der Waals surface area contributed by atoms with Gasteiger partial charge in [0.05, 0.1) is 23.7 Å². The number of ether oxygens (including phenoxy) is 5. The highest BCUT2D eigenvalue weighted by Gasteiger charge is 2.39. The first-order chi connectivity index (χ1) is 60.0. The fourth-order valence-electron chi connectivity index (χ4n) is 14.9. The maximum atomic E-state index is 13.3. The predicted octanol–water partition coefficient (Wildman–Crippen LogP) is 9.31. The van der Waals surface area contributed by atoms with Crippen LogP contribution in [0.5, 0.6) is 0 Å². The standard InChI is InChI=1S/C33H47N3O6.C25H31N3O6.C15H20ClNO2.C14H20.C2H2Cl2O.4CO2.CH4.ClH.HI/c1-23(25-15-10-9-11-16-25)27-18-12-13-20-36(27)31(39)40-22-35-19-14-17-26(21-35)29(37)34-28(24(2)41-32(3,4)5)30(38)42-33(6,7)8;1-17(19-9-4-3-5-10-19)21-12-6-7-14-28(21)25(33)34-16-27-13-8-11-20(15-27)23(30)26-22(18(2)29)24(31)32;1-12(13-7-3-2-4-8-13)14-9-5-6-10-17(14)15(18)19-11-16;1-12(13-8-4-2-5-9-13)14-10-6-3-7-11-14;3-1-2(4)5;4*2-1-3;;;/h9-11,14-17,19,21,23-24,27-28H,12-13,18,20,22H2,1-8H3;3-5,8-11,13,15,17-18,21-22,29H,6-7,12,14,16H2,1-2H3,(H-,26,30,31,32);2-4,7-8,12,14H,5-6,9-11H2,1H3;2,4-5,8-9,12,14H,3,6-7,10-11H2,1H3;1H2;;;;;1H4;2*1H/t23-,24-,27-,28+;17-,18-,21-,22+;12-,14-;12-;;;;;;;;/m1111......../s1. The molecular formula is C94H126Cl4IN7O23. The molecule has 0 unspecified atom stereocenters. The number of rotatable bonds is 23. The number of nitrogens with zero attached hydrogens (tertiary/aromatic N) is 5. The zero-order valence-corrected chi connectivity index (χ0v) is 79.7. The number of carboxylic acid groups (broad SMARTS) is 1. The number of alkyl halides is 2. The number of carbonyl (C=O) groups excluding carboxylic acids is 15. The minimum Gasteiger partial charge on any atom is -1.00 e. The quantitative estimate of drug-likeness (QED) is 0.0116. The number of piperidine rings is 3. The lowest BCUT2D eigenvalue weighted by Crippen LogP contribution is -3.00. The van der Waals surface area contributed by atoms with Crippen molar-refractivity contribution in [1.82, 2.24) is 25.3 Å². The number of carbonyl (C=O) groups is 8. The highest BCUT2D eigenvalue weighted by atomic mass is 127. The monoisotopic (exact) mass is 1990 g/mol. The second kappa shape index (κ2) is 67.1. The fraction of sp³-hybridized carbons (Fsp3) is 0.511. The molecule has 4 N–H and O–H groups in total. The van der Waals surface area contributed by atoms with E-state index in [0.29, 0.717) is 24.6 Å². The van der Waals surface area contributed by atoms with Gasteiger partial charge in [-0.1, -0.05) is 187 Å². The van der Waals surface area contributed by atoms with E-state index in [2.05, 4.69) is 105 Å². The Morgan fingerprint density at radius 3 is 1.05 bits per heavy atom. The number of aliphatic hydroxyl groups excluding tert-OH is 1. The van der Waals surface area contributed by atoms with Crippen molar-refractivity contribution in [3.8, 4) is 0 Å². The van der Waals surface area contributed by atoms with Crippen LogP contribution in [-0.4, -0.2) is 182 Å². The Morgan fingerprint density at radius 2 is 0.760 bits per heavy atom. The molecule has 0 spiro atoms. The number of hydrogen-bond donors (Lipinski definition) is 4. The molecule has 2 aromatic heterocycles. The van der Waals surface area contributed by atoms with E-state index in [9.17, 15) is 43.5 Å². The van der Waals surface area contributed by atoms with Crippen LogP contribution < -0.4 is 56.2 Å². The first kappa shape index (κ1) is 121. The number of nitrogens with one attached hydrogen (secondary N) is 2. The summed E-state index contributed by atoms with van der Waals surface area (Å²) in [6, 6.07) is 45.8. The Hall–Kier alpha value is -10.1. The van der Waals surface area contributed by atoms with Gasteiger partial charge in [-0.2, -0.15) is 47.5 Å². The molecule has 1 aliphatic carbocycles. The van der Waals surface area contributed by atoms with E-state index in [1.165, 1.54) is 78.1 Å². The third kappa shape index (κ3) is 46.8. The number of carboxylic acids is 1.